The molecule has 0 bridgehead atoms. The van der Waals surface area contributed by atoms with Gasteiger partial charge in [-0.25, -0.2) is 4.98 Å². The minimum atomic E-state index is -2.48. The molecular formula is C47H34N2. The maximum atomic E-state index is 9.46. The lowest BCUT2D eigenvalue weighted by Crippen LogP contribution is -2.06. The second-order valence-electron chi connectivity index (χ2n) is 12.6. The molecule has 1 aliphatic carbocycles. The zero-order valence-electron chi connectivity index (χ0n) is 37.3. The zero-order valence-corrected chi connectivity index (χ0v) is 26.3. The van der Waals surface area contributed by atoms with Crippen LogP contribution >= 0.6 is 0 Å². The van der Waals surface area contributed by atoms with Gasteiger partial charge in [-0.3, -0.25) is 0 Å². The molecular weight excluding hydrogens is 593 g/mol. The third kappa shape index (κ3) is 4.30. The Kier molecular flexibility index (Phi) is 4.31. The van der Waals surface area contributed by atoms with Crippen molar-refractivity contribution in [2.24, 2.45) is 0 Å². The fraction of sp³-hybridized carbons (Fsp3) is 0.0851. The molecule has 8 aromatic carbocycles. The third-order valence-electron chi connectivity index (χ3n) is 10.0. The fourth-order valence-electron chi connectivity index (χ4n) is 7.87. The van der Waals surface area contributed by atoms with E-state index in [1.807, 2.05) is 78.9 Å². The number of aryl methyl sites for hydroxylation is 3. The van der Waals surface area contributed by atoms with E-state index in [0.717, 1.165) is 44.2 Å². The largest absolute Gasteiger partial charge is 0.324 e. The molecule has 49 heavy (non-hydrogen) atoms. The highest BCUT2D eigenvalue weighted by Gasteiger charge is 2.24. The highest BCUT2D eigenvalue weighted by atomic mass is 15.1. The van der Waals surface area contributed by atoms with Crippen LogP contribution in [-0.2, 0) is 19.4 Å². The smallest absolute Gasteiger partial charge is 0.107 e. The molecule has 0 saturated carbocycles. The van der Waals surface area contributed by atoms with Gasteiger partial charge >= 0.3 is 0 Å². The van der Waals surface area contributed by atoms with Crippen molar-refractivity contribution in [2.45, 2.75) is 26.2 Å². The van der Waals surface area contributed by atoms with Crippen LogP contribution in [0.2, 0.25) is 0 Å². The van der Waals surface area contributed by atoms with Crippen LogP contribution in [0.5, 0.6) is 0 Å². The van der Waals surface area contributed by atoms with Gasteiger partial charge in [-0.1, -0.05) is 139 Å². The van der Waals surface area contributed by atoms with Crippen molar-refractivity contribution in [2.75, 3.05) is 0 Å². The molecule has 2 heteroatoms. The van der Waals surface area contributed by atoms with Crippen LogP contribution in [-0.4, -0.2) is 9.55 Å². The van der Waals surface area contributed by atoms with E-state index < -0.39 is 31.0 Å². The molecule has 10 rings (SSSR count). The minimum Gasteiger partial charge on any atom is -0.324 e. The molecule has 1 aliphatic rings. The summed E-state index contributed by atoms with van der Waals surface area (Å²) in [6, 6.07) is 29.9. The molecule has 232 valence electrons. The fourth-order valence-corrected chi connectivity index (χ4v) is 7.87. The molecule has 0 aliphatic heterocycles. The van der Waals surface area contributed by atoms with E-state index in [2.05, 4.69) is 23.2 Å². The average Bonchev–Trinajstić information content (AvgIpc) is 3.79. The highest BCUT2D eigenvalue weighted by Crippen LogP contribution is 2.51. The average molecular weight is 638 g/mol. The number of para-hydroxylation sites is 2. The molecule has 0 radical (unpaired) electrons. The van der Waals surface area contributed by atoms with Crippen molar-refractivity contribution < 1.29 is 15.1 Å². The standard InChI is InChI=1S/C47H34N2/c1-30-48-44-23-10-11-24-45(44)49(30)29-32-14-3-2-13-31(32)25-26-37-35-17-6-8-19-38(35)46(39-20-9-7-18-36(37)39)43-28-27-42-34-16-5-4-15-33(34)40-21-12-22-41(43)47(40)42/h2-24,27-28H,25-26,29H2,1H3/i1D3,6D,7D,8D,9D,17D,18D,19D,20D. The van der Waals surface area contributed by atoms with Gasteiger partial charge in [0, 0.05) is 10.7 Å². The topological polar surface area (TPSA) is 17.8 Å². The van der Waals surface area contributed by atoms with Crippen LogP contribution in [0.4, 0.5) is 0 Å². The molecule has 2 nitrogen and oxygen atoms in total. The van der Waals surface area contributed by atoms with E-state index >= 15 is 0 Å². The quantitative estimate of drug-likeness (QED) is 0.166. The molecule has 1 heterocycles. The number of aromatic nitrogens is 2. The molecule has 0 spiro atoms. The first kappa shape index (κ1) is 19.1. The second kappa shape index (κ2) is 11.0. The Bertz CT molecular complexity index is 3220. The van der Waals surface area contributed by atoms with E-state index in [1.54, 1.807) is 10.6 Å². The zero-order chi connectivity index (χ0) is 41.9. The summed E-state index contributed by atoms with van der Waals surface area (Å²) in [7, 11) is 0. The Balaban J connectivity index is 1.23. The lowest BCUT2D eigenvalue weighted by molar-refractivity contribution is 0.772. The van der Waals surface area contributed by atoms with Crippen molar-refractivity contribution in [3.05, 3.63) is 174 Å². The molecule has 0 N–H and O–H groups in total. The predicted molar refractivity (Wildman–Crippen MR) is 206 cm³/mol. The number of imidazole rings is 1. The molecule has 1 aromatic heterocycles. The number of rotatable bonds is 6. The van der Waals surface area contributed by atoms with Gasteiger partial charge in [-0.2, -0.15) is 0 Å². The lowest BCUT2D eigenvalue weighted by atomic mass is 9.84. The van der Waals surface area contributed by atoms with E-state index in [0.29, 0.717) is 34.1 Å². The first-order valence-electron chi connectivity index (χ1n) is 21.9. The predicted octanol–water partition coefficient (Wildman–Crippen LogP) is 12.0. The Morgan fingerprint density at radius 3 is 1.92 bits per heavy atom. The first-order valence-corrected chi connectivity index (χ1v) is 16.4. The van der Waals surface area contributed by atoms with Gasteiger partial charge in [0.05, 0.1) is 22.0 Å². The van der Waals surface area contributed by atoms with Crippen molar-refractivity contribution in [3.8, 4) is 33.4 Å². The summed E-state index contributed by atoms with van der Waals surface area (Å²) in [4.78, 5) is 4.47. The third-order valence-corrected chi connectivity index (χ3v) is 10.0. The van der Waals surface area contributed by atoms with Gasteiger partial charge in [0.25, 0.3) is 0 Å². The maximum absolute atomic E-state index is 9.46. The molecule has 0 fully saturated rings. The van der Waals surface area contributed by atoms with Crippen LogP contribution < -0.4 is 0 Å². The Labute approximate surface area is 301 Å². The van der Waals surface area contributed by atoms with Gasteiger partial charge in [0.1, 0.15) is 5.82 Å². The minimum absolute atomic E-state index is 0.0370. The summed E-state index contributed by atoms with van der Waals surface area (Å²) in [6.07, 6.45) is 0.449. The normalized spacial score (nSPS) is 15.5. The summed E-state index contributed by atoms with van der Waals surface area (Å²) in [5.41, 5.74) is 8.37. The van der Waals surface area contributed by atoms with E-state index in [-0.39, 0.29) is 64.5 Å². The molecule has 9 aromatic rings. The summed E-state index contributed by atoms with van der Waals surface area (Å²) in [5.74, 6) is -0.0370. The van der Waals surface area contributed by atoms with Crippen LogP contribution in [0.25, 0.3) is 76.7 Å². The van der Waals surface area contributed by atoms with E-state index in [1.165, 1.54) is 0 Å². The van der Waals surface area contributed by atoms with Gasteiger partial charge in [-0.05, 0) is 114 Å². The second-order valence-corrected chi connectivity index (χ2v) is 12.6. The number of hydrogen-bond acceptors (Lipinski definition) is 1. The number of benzene rings is 8. The maximum Gasteiger partial charge on any atom is 0.107 e. The summed E-state index contributed by atoms with van der Waals surface area (Å²) < 4.78 is 99.7. The highest BCUT2D eigenvalue weighted by molar-refractivity contribution is 6.23. The summed E-state index contributed by atoms with van der Waals surface area (Å²) >= 11 is 0. The monoisotopic (exact) mass is 637 g/mol. The number of fused-ring (bicyclic) bond motifs is 6. The van der Waals surface area contributed by atoms with Gasteiger partial charge in [0.2, 0.25) is 0 Å². The van der Waals surface area contributed by atoms with Crippen molar-refractivity contribution >= 4 is 43.4 Å². The van der Waals surface area contributed by atoms with Gasteiger partial charge in [-0.15, -0.1) is 0 Å². The SMILES string of the molecule is [2H]c1c([2H])c([2H])c2c(-c3ccc4c5c(cccc35)-c3ccccc3-4)c3c([2H])c([2H])c([2H])c([2H])c3c(CCc3ccccc3Cn3c(C([2H])([2H])[2H])nc4ccccc43)c2c1[2H]. The summed E-state index contributed by atoms with van der Waals surface area (Å²) in [5, 5.41) is 2.53. The number of hydrogen-bond donors (Lipinski definition) is 0. The molecule has 0 atom stereocenters. The van der Waals surface area contributed by atoms with E-state index in [9.17, 15) is 5.48 Å². The van der Waals surface area contributed by atoms with Gasteiger partial charge < -0.3 is 4.57 Å². The van der Waals surface area contributed by atoms with Crippen LogP contribution in [0.3, 0.4) is 0 Å². The van der Waals surface area contributed by atoms with Crippen molar-refractivity contribution in [1.82, 2.24) is 9.55 Å². The van der Waals surface area contributed by atoms with Crippen molar-refractivity contribution in [3.63, 3.8) is 0 Å². The molecule has 0 saturated heterocycles. The van der Waals surface area contributed by atoms with Gasteiger partial charge in [0.15, 0.2) is 0 Å². The van der Waals surface area contributed by atoms with Crippen LogP contribution in [0.1, 0.15) is 37.6 Å². The number of nitrogens with zero attached hydrogens (tertiary/aromatic N) is 2. The lowest BCUT2D eigenvalue weighted by Gasteiger charge is -2.19. The molecule has 0 amide bonds. The summed E-state index contributed by atoms with van der Waals surface area (Å²) in [6.45, 7) is -2.28. The molecule has 0 unspecified atom stereocenters. The van der Waals surface area contributed by atoms with Crippen LogP contribution in [0, 0.1) is 6.85 Å². The van der Waals surface area contributed by atoms with Crippen LogP contribution in [0.15, 0.2) is 151 Å². The first-order chi connectivity index (χ1) is 28.8. The van der Waals surface area contributed by atoms with Crippen molar-refractivity contribution in [1.29, 1.82) is 0 Å². The Morgan fingerprint density at radius 2 is 1.16 bits per heavy atom. The Hall–Kier alpha value is -5.99. The Morgan fingerprint density at radius 1 is 0.551 bits per heavy atom. The van der Waals surface area contributed by atoms with E-state index in [4.69, 9.17) is 9.60 Å².